The average Bonchev–Trinajstić information content (AvgIpc) is 3.07. The van der Waals surface area contributed by atoms with Crippen molar-refractivity contribution in [2.45, 2.75) is 25.9 Å². The van der Waals surface area contributed by atoms with Crippen LogP contribution in [0.25, 0.3) is 5.69 Å². The summed E-state index contributed by atoms with van der Waals surface area (Å²) in [6, 6.07) is 6.68. The molecule has 146 valence electrons. The Kier molecular flexibility index (Phi) is 5.55. The second-order valence-electron chi connectivity index (χ2n) is 6.92. The van der Waals surface area contributed by atoms with Gasteiger partial charge in [-0.1, -0.05) is 18.2 Å². The van der Waals surface area contributed by atoms with Crippen molar-refractivity contribution >= 4 is 5.91 Å². The minimum absolute atomic E-state index is 0.244. The van der Waals surface area contributed by atoms with Gasteiger partial charge in [0.25, 0.3) is 5.91 Å². The molecular formula is C19H23F3N4O. The first-order valence-corrected chi connectivity index (χ1v) is 8.98. The van der Waals surface area contributed by atoms with E-state index in [1.165, 1.54) is 4.90 Å². The molecule has 3 rings (SSSR count). The van der Waals surface area contributed by atoms with Crippen LogP contribution in [0.4, 0.5) is 13.2 Å². The largest absolute Gasteiger partial charge is 0.434 e. The van der Waals surface area contributed by atoms with Crippen LogP contribution in [-0.4, -0.2) is 47.3 Å². The van der Waals surface area contributed by atoms with Gasteiger partial charge in [0.05, 0.1) is 17.4 Å². The minimum Gasteiger partial charge on any atom is -0.338 e. The van der Waals surface area contributed by atoms with Gasteiger partial charge in [-0.3, -0.25) is 4.79 Å². The number of para-hydroxylation sites is 1. The fourth-order valence-corrected chi connectivity index (χ4v) is 3.64. The molecule has 5 nitrogen and oxygen atoms in total. The molecule has 0 saturated carbocycles. The highest BCUT2D eigenvalue weighted by Gasteiger charge is 2.42. The summed E-state index contributed by atoms with van der Waals surface area (Å²) in [7, 11) is 1.83. The van der Waals surface area contributed by atoms with Crippen molar-refractivity contribution in [2.24, 2.45) is 5.92 Å². The second-order valence-corrected chi connectivity index (χ2v) is 6.92. The van der Waals surface area contributed by atoms with Crippen molar-refractivity contribution in [3.8, 4) is 5.69 Å². The number of amides is 1. The smallest absolute Gasteiger partial charge is 0.338 e. The number of aromatic nitrogens is 2. The van der Waals surface area contributed by atoms with Crippen LogP contribution < -0.4 is 5.32 Å². The quantitative estimate of drug-likeness (QED) is 0.886. The zero-order valence-electron chi connectivity index (χ0n) is 15.4. The Morgan fingerprint density at radius 3 is 2.74 bits per heavy atom. The van der Waals surface area contributed by atoms with Gasteiger partial charge in [-0.2, -0.15) is 18.3 Å². The molecule has 27 heavy (non-hydrogen) atoms. The van der Waals surface area contributed by atoms with Crippen LogP contribution in [-0.2, 0) is 6.18 Å². The maximum absolute atomic E-state index is 13.8. The Bertz CT molecular complexity index is 814. The third-order valence-corrected chi connectivity index (χ3v) is 4.91. The van der Waals surface area contributed by atoms with Crippen LogP contribution in [0.2, 0.25) is 0 Å². The summed E-state index contributed by atoms with van der Waals surface area (Å²) in [5.74, 6) is -0.364. The van der Waals surface area contributed by atoms with Gasteiger partial charge in [-0.15, -0.1) is 0 Å². The van der Waals surface area contributed by atoms with Crippen molar-refractivity contribution in [1.29, 1.82) is 0 Å². The molecule has 1 aliphatic rings. The lowest BCUT2D eigenvalue weighted by Gasteiger charge is -2.32. The number of alkyl halides is 3. The number of nitrogens with one attached hydrogen (secondary N) is 1. The lowest BCUT2D eigenvalue weighted by molar-refractivity contribution is -0.143. The summed E-state index contributed by atoms with van der Waals surface area (Å²) in [4.78, 5) is 14.4. The van der Waals surface area contributed by atoms with E-state index in [2.05, 4.69) is 10.4 Å². The van der Waals surface area contributed by atoms with Gasteiger partial charge >= 0.3 is 6.18 Å². The number of rotatable bonds is 4. The monoisotopic (exact) mass is 380 g/mol. The van der Waals surface area contributed by atoms with E-state index >= 15 is 0 Å². The molecule has 0 aliphatic carbocycles. The number of piperidine rings is 1. The fraction of sp³-hybridized carbons (Fsp3) is 0.474. The van der Waals surface area contributed by atoms with E-state index in [1.54, 1.807) is 31.2 Å². The molecular weight excluding hydrogens is 357 g/mol. The van der Waals surface area contributed by atoms with Gasteiger partial charge in [0.15, 0.2) is 5.69 Å². The molecule has 0 radical (unpaired) electrons. The van der Waals surface area contributed by atoms with Crippen LogP contribution in [0.3, 0.4) is 0 Å². The van der Waals surface area contributed by atoms with Gasteiger partial charge in [0.2, 0.25) is 0 Å². The van der Waals surface area contributed by atoms with Crippen LogP contribution in [0.1, 0.15) is 34.5 Å². The van der Waals surface area contributed by atoms with Gasteiger partial charge < -0.3 is 10.2 Å². The van der Waals surface area contributed by atoms with Crippen LogP contribution in [0, 0.1) is 12.8 Å². The molecule has 0 spiro atoms. The normalized spacial score (nSPS) is 18.0. The Morgan fingerprint density at radius 2 is 2.07 bits per heavy atom. The molecule has 1 N–H and O–H groups in total. The number of hydrogen-bond donors (Lipinski definition) is 1. The summed E-state index contributed by atoms with van der Waals surface area (Å²) in [6.45, 7) is 3.36. The maximum atomic E-state index is 13.8. The van der Waals surface area contributed by atoms with Gasteiger partial charge in [0.1, 0.15) is 0 Å². The van der Waals surface area contributed by atoms with E-state index in [-0.39, 0.29) is 5.92 Å². The molecule has 1 aromatic carbocycles. The number of hydrogen-bond acceptors (Lipinski definition) is 3. The standard InChI is InChI=1S/C19H23F3N4O/c1-13-6-3-4-8-16(13)26-17(19(20,21)22)15(11-24-26)18(27)25-9-5-7-14(12-25)10-23-2/h3-4,6,8,11,14,23H,5,7,9-10,12H2,1-2H3. The van der Waals surface area contributed by atoms with Gasteiger partial charge in [-0.05, 0) is 50.9 Å². The highest BCUT2D eigenvalue weighted by Crippen LogP contribution is 2.35. The first kappa shape index (κ1) is 19.4. The molecule has 1 aliphatic heterocycles. The number of likely N-dealkylation sites (tertiary alicyclic amines) is 1. The Morgan fingerprint density at radius 1 is 1.33 bits per heavy atom. The van der Waals surface area contributed by atoms with Gasteiger partial charge in [0, 0.05) is 13.1 Å². The van der Waals surface area contributed by atoms with Crippen molar-refractivity contribution < 1.29 is 18.0 Å². The molecule has 1 aromatic heterocycles. The van der Waals surface area contributed by atoms with E-state index in [0.29, 0.717) is 24.3 Å². The third kappa shape index (κ3) is 4.00. The van der Waals surface area contributed by atoms with E-state index in [0.717, 1.165) is 30.3 Å². The summed E-state index contributed by atoms with van der Waals surface area (Å²) in [5.41, 5.74) is -0.443. The summed E-state index contributed by atoms with van der Waals surface area (Å²) < 4.78 is 42.4. The Labute approximate surface area is 156 Å². The number of nitrogens with zero attached hydrogens (tertiary/aromatic N) is 3. The molecule has 0 bridgehead atoms. The zero-order valence-corrected chi connectivity index (χ0v) is 15.4. The Hall–Kier alpha value is -2.35. The lowest BCUT2D eigenvalue weighted by atomic mass is 9.97. The number of benzene rings is 1. The first-order valence-electron chi connectivity index (χ1n) is 8.98. The number of halogens is 3. The summed E-state index contributed by atoms with van der Waals surface area (Å²) in [6.07, 6.45) is -1.91. The van der Waals surface area contributed by atoms with Crippen molar-refractivity contribution in [3.05, 3.63) is 47.3 Å². The predicted octanol–water partition coefficient (Wildman–Crippen LogP) is 3.27. The van der Waals surface area contributed by atoms with Crippen LogP contribution in [0.15, 0.2) is 30.5 Å². The van der Waals surface area contributed by atoms with E-state index in [1.807, 2.05) is 7.05 Å². The zero-order chi connectivity index (χ0) is 19.6. The van der Waals surface area contributed by atoms with E-state index < -0.39 is 23.3 Å². The second kappa shape index (κ2) is 7.72. The molecule has 1 saturated heterocycles. The molecule has 2 aromatic rings. The fourth-order valence-electron chi connectivity index (χ4n) is 3.64. The highest BCUT2D eigenvalue weighted by atomic mass is 19.4. The predicted molar refractivity (Wildman–Crippen MR) is 95.9 cm³/mol. The molecule has 1 unspecified atom stereocenters. The number of carbonyl (C=O) groups excluding carboxylic acids is 1. The lowest BCUT2D eigenvalue weighted by Crippen LogP contribution is -2.43. The van der Waals surface area contributed by atoms with Crippen molar-refractivity contribution in [3.63, 3.8) is 0 Å². The number of aryl methyl sites for hydroxylation is 1. The average molecular weight is 380 g/mol. The minimum atomic E-state index is -4.69. The molecule has 1 atom stereocenters. The van der Waals surface area contributed by atoms with Crippen LogP contribution in [0.5, 0.6) is 0 Å². The third-order valence-electron chi connectivity index (χ3n) is 4.91. The highest BCUT2D eigenvalue weighted by molar-refractivity contribution is 5.95. The van der Waals surface area contributed by atoms with E-state index in [4.69, 9.17) is 0 Å². The molecule has 1 amide bonds. The Balaban J connectivity index is 1.99. The van der Waals surface area contributed by atoms with Gasteiger partial charge in [-0.25, -0.2) is 4.68 Å². The molecule has 8 heteroatoms. The summed E-state index contributed by atoms with van der Waals surface area (Å²) >= 11 is 0. The topological polar surface area (TPSA) is 50.2 Å². The first-order chi connectivity index (χ1) is 12.8. The van der Waals surface area contributed by atoms with Crippen molar-refractivity contribution in [1.82, 2.24) is 20.0 Å². The number of carbonyl (C=O) groups is 1. The van der Waals surface area contributed by atoms with E-state index in [9.17, 15) is 18.0 Å². The van der Waals surface area contributed by atoms with Crippen molar-refractivity contribution in [2.75, 3.05) is 26.7 Å². The van der Waals surface area contributed by atoms with Crippen LogP contribution >= 0.6 is 0 Å². The summed E-state index contributed by atoms with van der Waals surface area (Å²) in [5, 5.41) is 6.99. The molecule has 1 fully saturated rings. The maximum Gasteiger partial charge on any atom is 0.434 e. The molecule has 2 heterocycles. The SMILES string of the molecule is CNCC1CCCN(C(=O)c2cnn(-c3ccccc3C)c2C(F)(F)F)C1.